The van der Waals surface area contributed by atoms with Gasteiger partial charge in [0.1, 0.15) is 34.5 Å². The number of thioether (sulfide) groups is 1. The van der Waals surface area contributed by atoms with Gasteiger partial charge in [-0.15, -0.1) is 11.8 Å². The van der Waals surface area contributed by atoms with E-state index in [1.165, 1.54) is 67.2 Å². The zero-order chi connectivity index (χ0) is 50.9. The quantitative estimate of drug-likeness (QED) is 0.0396. The molecule has 0 aliphatic heterocycles. The minimum absolute atomic E-state index is 0.00414. The van der Waals surface area contributed by atoms with Crippen molar-refractivity contribution in [3.05, 3.63) is 108 Å². The number of alkyl halides is 3. The first kappa shape index (κ1) is 51.5. The molecule has 0 aliphatic carbocycles. The van der Waals surface area contributed by atoms with Crippen LogP contribution >= 0.6 is 11.8 Å². The van der Waals surface area contributed by atoms with Gasteiger partial charge in [-0.1, -0.05) is 18.2 Å². The smallest absolute Gasteiger partial charge is 0.353 e. The van der Waals surface area contributed by atoms with Crippen LogP contribution in [0.5, 0.6) is 0 Å². The van der Waals surface area contributed by atoms with Crippen molar-refractivity contribution < 1.29 is 46.7 Å². The molecule has 1 unspecified atom stereocenters. The highest BCUT2D eigenvalue weighted by molar-refractivity contribution is 7.99. The number of hydrogen-bond donors (Lipinski definition) is 9. The molecule has 5 aromatic heterocycles. The molecule has 5 heterocycles. The second-order valence-corrected chi connectivity index (χ2v) is 17.0. The molecule has 1 atom stereocenters. The number of nitrogens with two attached hydrogens (primary N) is 2. The van der Waals surface area contributed by atoms with E-state index in [0.717, 1.165) is 17.8 Å². The van der Waals surface area contributed by atoms with Crippen LogP contribution in [0.1, 0.15) is 60.5 Å². The molecular formula is C45H51F3N14O7S. The van der Waals surface area contributed by atoms with Crippen LogP contribution in [0.4, 0.5) is 35.9 Å². The second kappa shape index (κ2) is 22.5. The fourth-order valence-electron chi connectivity index (χ4n) is 7.21. The van der Waals surface area contributed by atoms with E-state index in [1.54, 1.807) is 52.6 Å². The number of nitrogens with one attached hydrogen (secondary N) is 7. The summed E-state index contributed by atoms with van der Waals surface area (Å²) >= 11 is 1.09. The van der Waals surface area contributed by atoms with Crippen LogP contribution in [0, 0.1) is 0 Å². The summed E-state index contributed by atoms with van der Waals surface area (Å²) < 4.78 is 47.0. The van der Waals surface area contributed by atoms with Crippen molar-refractivity contribution in [3.8, 4) is 0 Å². The van der Waals surface area contributed by atoms with E-state index in [0.29, 0.717) is 27.3 Å². The molecule has 0 radical (unpaired) electrons. The van der Waals surface area contributed by atoms with E-state index in [2.05, 4.69) is 42.2 Å². The maximum Gasteiger partial charge on any atom is 0.433 e. The third-order valence-electron chi connectivity index (χ3n) is 10.6. The standard InChI is InChI=1S/C45H51F3N14O7S/c1-59-23-27(55-42(67)33-14-25(21-60(33)2)53-38(63)19-49)16-32(59)41(66)51-11-7-10-31(40(65)52-12-13-70-36-18-37(45(46,47)48)57-30-9-6-5-8-29(30)36)58-44(69)35-17-28(24-62(35)4)56-43(68)34-15-26(22-61(34)3)54-39(64)20-50/h5-6,8-9,14-18,21-24,31H,7,10-13,19-20,49-50H2,1-4H3,(H,51,66)(H,52,65)(H,53,63)(H,54,64)(H,55,67)(H,56,68)(H,58,69). The Labute approximate surface area is 402 Å². The molecule has 6 rings (SSSR count). The molecule has 21 nitrogen and oxygen atoms in total. The second-order valence-electron chi connectivity index (χ2n) is 15.9. The van der Waals surface area contributed by atoms with Crippen molar-refractivity contribution >= 4 is 86.8 Å². The largest absolute Gasteiger partial charge is 0.433 e. The van der Waals surface area contributed by atoms with Crippen LogP contribution in [0.25, 0.3) is 10.9 Å². The Hall–Kier alpha value is -7.90. The first-order valence-corrected chi connectivity index (χ1v) is 22.5. The van der Waals surface area contributed by atoms with Gasteiger partial charge in [-0.2, -0.15) is 13.2 Å². The van der Waals surface area contributed by atoms with Gasteiger partial charge in [-0.3, -0.25) is 33.6 Å². The van der Waals surface area contributed by atoms with E-state index in [1.807, 2.05) is 0 Å². The topological polar surface area (TPSA) is 288 Å². The summed E-state index contributed by atoms with van der Waals surface area (Å²) in [5.74, 6) is -3.55. The average molecular weight is 989 g/mol. The molecular weight excluding hydrogens is 938 g/mol. The Morgan fingerprint density at radius 2 is 1.10 bits per heavy atom. The van der Waals surface area contributed by atoms with Gasteiger partial charge in [0.05, 0.1) is 41.4 Å². The van der Waals surface area contributed by atoms with Gasteiger partial charge in [0, 0.05) is 82.1 Å². The molecule has 370 valence electrons. The lowest BCUT2D eigenvalue weighted by Crippen LogP contribution is -2.47. The van der Waals surface area contributed by atoms with Gasteiger partial charge in [0.15, 0.2) is 0 Å². The van der Waals surface area contributed by atoms with Crippen molar-refractivity contribution in [2.75, 3.05) is 53.2 Å². The Morgan fingerprint density at radius 3 is 1.60 bits per heavy atom. The van der Waals surface area contributed by atoms with Crippen LogP contribution in [-0.4, -0.2) is 103 Å². The summed E-state index contributed by atoms with van der Waals surface area (Å²) in [6.45, 7) is -0.427. The lowest BCUT2D eigenvalue weighted by molar-refractivity contribution is -0.141. The first-order valence-electron chi connectivity index (χ1n) is 21.5. The maximum absolute atomic E-state index is 13.8. The zero-order valence-electron chi connectivity index (χ0n) is 38.3. The van der Waals surface area contributed by atoms with Crippen molar-refractivity contribution in [1.82, 2.24) is 39.2 Å². The van der Waals surface area contributed by atoms with Gasteiger partial charge < -0.3 is 67.0 Å². The summed E-state index contributed by atoms with van der Waals surface area (Å²) in [5, 5.41) is 19.4. The average Bonchev–Trinajstić information content (AvgIpc) is 4.09. The monoisotopic (exact) mass is 988 g/mol. The molecule has 0 aliphatic rings. The Balaban J connectivity index is 1.10. The van der Waals surface area contributed by atoms with E-state index < -0.39 is 59.3 Å². The number of nitrogens with zero attached hydrogens (tertiary/aromatic N) is 5. The van der Waals surface area contributed by atoms with Gasteiger partial charge in [-0.05, 0) is 49.2 Å². The number of para-hydroxylation sites is 1. The van der Waals surface area contributed by atoms with Crippen molar-refractivity contribution in [1.29, 1.82) is 0 Å². The van der Waals surface area contributed by atoms with Crippen LogP contribution in [0.15, 0.2) is 84.3 Å². The van der Waals surface area contributed by atoms with Gasteiger partial charge in [0.25, 0.3) is 23.6 Å². The van der Waals surface area contributed by atoms with Crippen molar-refractivity contribution in [2.24, 2.45) is 39.7 Å². The van der Waals surface area contributed by atoms with Gasteiger partial charge in [-0.25, -0.2) is 4.98 Å². The number of aromatic nitrogens is 5. The number of benzene rings is 1. The summed E-state index contributed by atoms with van der Waals surface area (Å²) in [4.78, 5) is 94.7. The molecule has 0 bridgehead atoms. The molecule has 11 N–H and O–H groups in total. The lowest BCUT2D eigenvalue weighted by atomic mass is 10.1. The number of carbonyl (C=O) groups is 7. The summed E-state index contributed by atoms with van der Waals surface area (Å²) in [7, 11) is 6.40. The third-order valence-corrected chi connectivity index (χ3v) is 11.7. The number of halogens is 3. The predicted molar refractivity (Wildman–Crippen MR) is 256 cm³/mol. The minimum atomic E-state index is -4.68. The van der Waals surface area contributed by atoms with Crippen LogP contribution in [0.2, 0.25) is 0 Å². The number of rotatable bonds is 20. The molecule has 7 amide bonds. The van der Waals surface area contributed by atoms with E-state index in [-0.39, 0.29) is 78.8 Å². The van der Waals surface area contributed by atoms with Crippen molar-refractivity contribution in [2.45, 2.75) is 30.0 Å². The molecule has 1 aromatic carbocycles. The van der Waals surface area contributed by atoms with E-state index in [9.17, 15) is 46.7 Å². The number of fused-ring (bicyclic) bond motifs is 1. The van der Waals surface area contributed by atoms with E-state index >= 15 is 0 Å². The molecule has 0 saturated carbocycles. The van der Waals surface area contributed by atoms with Crippen LogP contribution < -0.4 is 48.7 Å². The molecule has 70 heavy (non-hydrogen) atoms. The molecule has 6 aromatic rings. The van der Waals surface area contributed by atoms with Gasteiger partial charge in [0.2, 0.25) is 17.7 Å². The Morgan fingerprint density at radius 1 is 0.629 bits per heavy atom. The molecule has 25 heteroatoms. The highest BCUT2D eigenvalue weighted by atomic mass is 32.2. The van der Waals surface area contributed by atoms with Crippen LogP contribution in [0.3, 0.4) is 0 Å². The summed E-state index contributed by atoms with van der Waals surface area (Å²) in [5.41, 5.74) is 11.8. The number of pyridine rings is 1. The Bertz CT molecular complexity index is 2960. The number of anilines is 4. The maximum atomic E-state index is 13.8. The molecule has 0 fully saturated rings. The summed E-state index contributed by atoms with van der Waals surface area (Å²) in [6.07, 6.45) is 1.64. The minimum Gasteiger partial charge on any atom is -0.353 e. The van der Waals surface area contributed by atoms with Crippen molar-refractivity contribution in [3.63, 3.8) is 0 Å². The first-order chi connectivity index (χ1) is 33.2. The predicted octanol–water partition coefficient (Wildman–Crippen LogP) is 3.12. The van der Waals surface area contributed by atoms with E-state index in [4.69, 9.17) is 11.5 Å². The van der Waals surface area contributed by atoms with Crippen LogP contribution in [-0.2, 0) is 48.8 Å². The number of carbonyl (C=O) groups excluding carboxylic acids is 7. The number of hydrogen-bond acceptors (Lipinski definition) is 11. The molecule has 0 spiro atoms. The fourth-order valence-corrected chi connectivity index (χ4v) is 8.16. The summed E-state index contributed by atoms with van der Waals surface area (Å²) in [6, 6.07) is 12.0. The normalized spacial score (nSPS) is 11.7. The number of aryl methyl sites for hydroxylation is 4. The highest BCUT2D eigenvalue weighted by Gasteiger charge is 2.33. The molecule has 0 saturated heterocycles. The number of amides is 7. The van der Waals surface area contributed by atoms with Gasteiger partial charge >= 0.3 is 6.18 Å². The zero-order valence-corrected chi connectivity index (χ0v) is 39.1. The Kier molecular flexibility index (Phi) is 16.5. The highest BCUT2D eigenvalue weighted by Crippen LogP contribution is 2.34. The lowest BCUT2D eigenvalue weighted by Gasteiger charge is -2.19. The fraction of sp³-hybridized carbons (Fsp3) is 0.289. The third kappa shape index (κ3) is 13.0. The SMILES string of the molecule is Cn1cc(NC(=O)c2cc(NC(=O)CN)cn2C)cc1C(=O)NCCCC(NC(=O)c1cc(NC(=O)c2cc(NC(=O)CN)cn2C)cn1C)C(=O)NCCSc1cc(C(F)(F)F)nc2ccccc12.